The van der Waals surface area contributed by atoms with Crippen LogP contribution < -0.4 is 9.62 Å². The molecule has 0 saturated carbocycles. The number of anilines is 2. The number of hydrogen-bond donors (Lipinski definition) is 1. The number of nitrogens with zero attached hydrogens (tertiary/aromatic N) is 3. The molecule has 1 amide bonds. The molecular weight excluding hydrogens is 540 g/mol. The Morgan fingerprint density at radius 2 is 1.66 bits per heavy atom. The average molecular weight is 569 g/mol. The van der Waals surface area contributed by atoms with Crippen molar-refractivity contribution in [3.8, 4) is 0 Å². The number of fused-ring (bicyclic) bond motifs is 1. The molecule has 1 aliphatic heterocycles. The van der Waals surface area contributed by atoms with E-state index in [-0.39, 0.29) is 23.2 Å². The van der Waals surface area contributed by atoms with Crippen molar-refractivity contribution in [2.24, 2.45) is 0 Å². The van der Waals surface area contributed by atoms with Crippen LogP contribution in [0.2, 0.25) is 0 Å². The van der Waals surface area contributed by atoms with Gasteiger partial charge in [-0.3, -0.25) is 19.3 Å². The van der Waals surface area contributed by atoms with Gasteiger partial charge in [0.25, 0.3) is 15.9 Å². The van der Waals surface area contributed by atoms with Crippen LogP contribution in [0.1, 0.15) is 33.4 Å². The zero-order valence-electron chi connectivity index (χ0n) is 20.9. The van der Waals surface area contributed by atoms with Gasteiger partial charge in [-0.1, -0.05) is 48.5 Å². The van der Waals surface area contributed by atoms with Crippen LogP contribution in [0.4, 0.5) is 10.8 Å². The van der Waals surface area contributed by atoms with Crippen LogP contribution >= 0.6 is 23.7 Å². The van der Waals surface area contributed by atoms with Gasteiger partial charge >= 0.3 is 0 Å². The predicted octanol–water partition coefficient (Wildman–Crippen LogP) is 5.59. The van der Waals surface area contributed by atoms with Crippen LogP contribution in [0.15, 0.2) is 89.8 Å². The fourth-order valence-electron chi connectivity index (χ4n) is 4.44. The van der Waals surface area contributed by atoms with Gasteiger partial charge in [-0.15, -0.1) is 23.7 Å². The Balaban J connectivity index is 0.00000336. The van der Waals surface area contributed by atoms with Gasteiger partial charge in [-0.2, -0.15) is 0 Å². The van der Waals surface area contributed by atoms with Crippen LogP contribution in [0.25, 0.3) is 0 Å². The molecule has 0 bridgehead atoms. The average Bonchev–Trinajstić information content (AvgIpc) is 3.32. The van der Waals surface area contributed by atoms with Gasteiger partial charge in [-0.25, -0.2) is 13.4 Å². The Bertz CT molecular complexity index is 1480. The monoisotopic (exact) mass is 568 g/mol. The van der Waals surface area contributed by atoms with Crippen molar-refractivity contribution in [1.29, 1.82) is 0 Å². The first-order chi connectivity index (χ1) is 17.9. The number of hydrogen-bond acceptors (Lipinski definition) is 6. The smallest absolute Gasteiger partial charge is 0.264 e. The highest BCUT2D eigenvalue weighted by Gasteiger charge is 2.25. The van der Waals surface area contributed by atoms with E-state index in [1.165, 1.54) is 50.3 Å². The van der Waals surface area contributed by atoms with Crippen molar-refractivity contribution in [2.45, 2.75) is 31.3 Å². The Labute approximate surface area is 233 Å². The maximum absolute atomic E-state index is 13.2. The maximum atomic E-state index is 13.2. The number of thiazole rings is 1. The van der Waals surface area contributed by atoms with Gasteiger partial charge in [0.05, 0.1) is 16.3 Å². The van der Waals surface area contributed by atoms with Gasteiger partial charge in [0, 0.05) is 43.0 Å². The van der Waals surface area contributed by atoms with Gasteiger partial charge in [-0.05, 0) is 48.9 Å². The minimum Gasteiger partial charge on any atom is -0.298 e. The molecule has 198 valence electrons. The van der Waals surface area contributed by atoms with Crippen molar-refractivity contribution in [3.05, 3.63) is 107 Å². The van der Waals surface area contributed by atoms with Gasteiger partial charge in [0.1, 0.15) is 0 Å². The molecule has 0 unspecified atom stereocenters. The second-order valence-corrected chi connectivity index (χ2v) is 11.8. The Morgan fingerprint density at radius 3 is 2.32 bits per heavy atom. The highest BCUT2D eigenvalue weighted by Crippen LogP contribution is 2.30. The van der Waals surface area contributed by atoms with Crippen LogP contribution in [0, 0.1) is 0 Å². The van der Waals surface area contributed by atoms with E-state index in [1.54, 1.807) is 31.2 Å². The van der Waals surface area contributed by atoms with E-state index in [2.05, 4.69) is 39.5 Å². The molecule has 38 heavy (non-hydrogen) atoms. The number of sulfonamides is 1. The van der Waals surface area contributed by atoms with Crippen molar-refractivity contribution in [2.75, 3.05) is 22.7 Å². The van der Waals surface area contributed by atoms with E-state index in [4.69, 9.17) is 0 Å². The van der Waals surface area contributed by atoms with E-state index in [0.717, 1.165) is 31.7 Å². The van der Waals surface area contributed by atoms with Gasteiger partial charge in [0.2, 0.25) is 0 Å². The van der Waals surface area contributed by atoms with E-state index in [0.29, 0.717) is 22.9 Å². The number of nitrogens with one attached hydrogen (secondary N) is 1. The number of rotatable bonds is 8. The third-order valence-electron chi connectivity index (χ3n) is 6.32. The molecule has 1 aliphatic rings. The summed E-state index contributed by atoms with van der Waals surface area (Å²) in [6.45, 7) is 4.70. The zero-order valence-corrected chi connectivity index (χ0v) is 23.4. The third kappa shape index (κ3) is 6.07. The SMILES string of the molecule is CCN(c1ccccc1)S(=O)(=O)c1ccc(C(=O)Nc2nc3c(s2)CN(Cc2ccccc2)CC3)cc1.Cl. The number of amides is 1. The molecule has 0 radical (unpaired) electrons. The standard InChI is InChI=1S/C28H28N4O3S2.ClH/c1-2-32(23-11-7-4-8-12-23)37(34,35)24-15-13-22(14-16-24)27(33)30-28-29-25-17-18-31(20-26(25)36-28)19-21-9-5-3-6-10-21;/h3-16H,2,17-20H2,1H3,(H,29,30,33);1H. The lowest BCUT2D eigenvalue weighted by Gasteiger charge is -2.25. The Kier molecular flexibility index (Phi) is 8.83. The molecule has 0 atom stereocenters. The predicted molar refractivity (Wildman–Crippen MR) is 155 cm³/mol. The lowest BCUT2D eigenvalue weighted by atomic mass is 10.1. The normalized spacial score (nSPS) is 13.3. The molecule has 0 saturated heterocycles. The Hall–Kier alpha value is -3.24. The summed E-state index contributed by atoms with van der Waals surface area (Å²) < 4.78 is 27.8. The quantitative estimate of drug-likeness (QED) is 0.299. The summed E-state index contributed by atoms with van der Waals surface area (Å²) in [5.74, 6) is -0.313. The molecule has 0 spiro atoms. The summed E-state index contributed by atoms with van der Waals surface area (Å²) in [5.41, 5.74) is 3.29. The van der Waals surface area contributed by atoms with Gasteiger partial charge < -0.3 is 0 Å². The lowest BCUT2D eigenvalue weighted by Crippen LogP contribution is -2.30. The molecule has 1 N–H and O–H groups in total. The van der Waals surface area contributed by atoms with Crippen molar-refractivity contribution in [1.82, 2.24) is 9.88 Å². The highest BCUT2D eigenvalue weighted by atomic mass is 35.5. The number of para-hydroxylation sites is 1. The van der Waals surface area contributed by atoms with Crippen LogP contribution in [-0.4, -0.2) is 37.3 Å². The molecule has 0 fully saturated rings. The van der Waals surface area contributed by atoms with Crippen LogP contribution in [0.3, 0.4) is 0 Å². The summed E-state index contributed by atoms with van der Waals surface area (Å²) >= 11 is 1.50. The summed E-state index contributed by atoms with van der Waals surface area (Å²) in [5, 5.41) is 3.45. The van der Waals surface area contributed by atoms with E-state index in [1.807, 2.05) is 12.1 Å². The number of benzene rings is 3. The van der Waals surface area contributed by atoms with Crippen molar-refractivity contribution in [3.63, 3.8) is 0 Å². The second kappa shape index (κ2) is 12.1. The minimum absolute atomic E-state index is 0. The fraction of sp³-hybridized carbons (Fsp3) is 0.214. The largest absolute Gasteiger partial charge is 0.298 e. The summed E-state index contributed by atoms with van der Waals surface area (Å²) in [6.07, 6.45) is 0.844. The topological polar surface area (TPSA) is 82.6 Å². The lowest BCUT2D eigenvalue weighted by molar-refractivity contribution is 0.102. The van der Waals surface area contributed by atoms with Crippen molar-refractivity contribution < 1.29 is 13.2 Å². The molecule has 10 heteroatoms. The third-order valence-corrected chi connectivity index (χ3v) is 9.23. The van der Waals surface area contributed by atoms with E-state index < -0.39 is 10.0 Å². The number of carbonyl (C=O) groups excluding carboxylic acids is 1. The van der Waals surface area contributed by atoms with E-state index >= 15 is 0 Å². The second-order valence-electron chi connectivity index (χ2n) is 8.82. The van der Waals surface area contributed by atoms with Crippen LogP contribution in [-0.2, 0) is 29.5 Å². The first kappa shape index (κ1) is 27.8. The Morgan fingerprint density at radius 1 is 1.00 bits per heavy atom. The number of aromatic nitrogens is 1. The molecular formula is C28H29ClN4O3S2. The molecule has 4 aromatic rings. The van der Waals surface area contributed by atoms with Gasteiger partial charge in [0.15, 0.2) is 5.13 Å². The maximum Gasteiger partial charge on any atom is 0.264 e. The zero-order chi connectivity index (χ0) is 25.8. The summed E-state index contributed by atoms with van der Waals surface area (Å²) in [4.78, 5) is 21.2. The molecule has 0 aliphatic carbocycles. The molecule has 7 nitrogen and oxygen atoms in total. The molecule has 1 aromatic heterocycles. The summed E-state index contributed by atoms with van der Waals surface area (Å²) in [6, 6.07) is 25.4. The number of carbonyl (C=O) groups is 1. The fourth-order valence-corrected chi connectivity index (χ4v) is 6.96. The minimum atomic E-state index is -3.75. The highest BCUT2D eigenvalue weighted by molar-refractivity contribution is 7.92. The molecule has 3 aromatic carbocycles. The first-order valence-electron chi connectivity index (χ1n) is 12.2. The van der Waals surface area contributed by atoms with Crippen LogP contribution in [0.5, 0.6) is 0 Å². The molecule has 2 heterocycles. The number of halogens is 1. The summed E-state index contributed by atoms with van der Waals surface area (Å²) in [7, 11) is -3.75. The molecule has 5 rings (SSSR count). The van der Waals surface area contributed by atoms with E-state index in [9.17, 15) is 13.2 Å². The first-order valence-corrected chi connectivity index (χ1v) is 14.4. The van der Waals surface area contributed by atoms with Crippen molar-refractivity contribution >= 4 is 50.5 Å².